The monoisotopic (exact) mass is 180 g/mol. The molecule has 0 aliphatic rings. The van der Waals surface area contributed by atoms with E-state index < -0.39 is 0 Å². The van der Waals surface area contributed by atoms with Crippen molar-refractivity contribution < 1.29 is 15.0 Å². The molecule has 3 heteroatoms. The maximum atomic E-state index is 11.1. The number of ketones is 1. The minimum Gasteiger partial charge on any atom is -0.507 e. The third kappa shape index (κ3) is 1.49. The van der Waals surface area contributed by atoms with Crippen molar-refractivity contribution in [3.63, 3.8) is 0 Å². The average Bonchev–Trinajstić information content (AvgIpc) is 1.99. The number of phenols is 2. The normalized spacial score (nSPS) is 10.1. The van der Waals surface area contributed by atoms with Crippen molar-refractivity contribution in [3.05, 3.63) is 22.8 Å². The van der Waals surface area contributed by atoms with E-state index in [0.717, 1.165) is 0 Å². The molecule has 1 aromatic carbocycles. The number of aryl methyl sites for hydroxylation is 1. The number of carbonyl (C=O) groups excluding carboxylic acids is 1. The molecule has 0 saturated heterocycles. The molecule has 0 spiro atoms. The van der Waals surface area contributed by atoms with E-state index in [4.69, 9.17) is 0 Å². The lowest BCUT2D eigenvalue weighted by Gasteiger charge is -2.09. The molecule has 0 aromatic heterocycles. The molecule has 0 unspecified atom stereocenters. The molecule has 0 aliphatic heterocycles. The number of Topliss-reactive ketones (excluding diaryl/α,β-unsaturated/α-hetero) is 1. The molecule has 0 heterocycles. The van der Waals surface area contributed by atoms with Crippen LogP contribution in [-0.4, -0.2) is 16.0 Å². The van der Waals surface area contributed by atoms with E-state index in [2.05, 4.69) is 0 Å². The van der Waals surface area contributed by atoms with Crippen LogP contribution in [0.2, 0.25) is 0 Å². The summed E-state index contributed by atoms with van der Waals surface area (Å²) in [6.45, 7) is 4.64. The highest BCUT2D eigenvalue weighted by atomic mass is 16.3. The Morgan fingerprint density at radius 1 is 1.31 bits per heavy atom. The standard InChI is InChI=1S/C10H12O3/c1-5-4-8(12)9(7(3)11)6(2)10(5)13/h4,12-13H,1-3H3. The van der Waals surface area contributed by atoms with Crippen LogP contribution in [0.15, 0.2) is 6.07 Å². The van der Waals surface area contributed by atoms with Crippen LogP contribution in [0.25, 0.3) is 0 Å². The van der Waals surface area contributed by atoms with Gasteiger partial charge in [0.2, 0.25) is 0 Å². The molecule has 2 N–H and O–H groups in total. The van der Waals surface area contributed by atoms with Crippen molar-refractivity contribution in [1.82, 2.24) is 0 Å². The van der Waals surface area contributed by atoms with Crippen molar-refractivity contribution in [1.29, 1.82) is 0 Å². The lowest BCUT2D eigenvalue weighted by Crippen LogP contribution is -1.98. The summed E-state index contributed by atoms with van der Waals surface area (Å²) >= 11 is 0. The molecule has 0 bridgehead atoms. The maximum Gasteiger partial charge on any atom is 0.163 e. The Labute approximate surface area is 76.6 Å². The first-order valence-electron chi connectivity index (χ1n) is 3.98. The smallest absolute Gasteiger partial charge is 0.163 e. The summed E-state index contributed by atoms with van der Waals surface area (Å²) in [4.78, 5) is 11.1. The average molecular weight is 180 g/mol. The summed E-state index contributed by atoms with van der Waals surface area (Å²) < 4.78 is 0. The fraction of sp³-hybridized carbons (Fsp3) is 0.300. The van der Waals surface area contributed by atoms with Crippen LogP contribution in [0.1, 0.15) is 28.4 Å². The van der Waals surface area contributed by atoms with Gasteiger partial charge in [-0.2, -0.15) is 0 Å². The molecule has 70 valence electrons. The molecule has 0 amide bonds. The van der Waals surface area contributed by atoms with E-state index in [-0.39, 0.29) is 22.8 Å². The van der Waals surface area contributed by atoms with Crippen molar-refractivity contribution in [2.24, 2.45) is 0 Å². The number of carbonyl (C=O) groups is 1. The lowest BCUT2D eigenvalue weighted by molar-refractivity contribution is 0.101. The molecule has 0 aliphatic carbocycles. The van der Waals surface area contributed by atoms with Crippen molar-refractivity contribution >= 4 is 5.78 Å². The molecular formula is C10H12O3. The van der Waals surface area contributed by atoms with Gasteiger partial charge in [0.05, 0.1) is 5.56 Å². The second kappa shape index (κ2) is 3.09. The molecule has 1 rings (SSSR count). The van der Waals surface area contributed by atoms with Crippen LogP contribution >= 0.6 is 0 Å². The Morgan fingerprint density at radius 2 is 1.85 bits per heavy atom. The van der Waals surface area contributed by atoms with Gasteiger partial charge in [-0.05, 0) is 32.4 Å². The maximum absolute atomic E-state index is 11.1. The van der Waals surface area contributed by atoms with E-state index in [1.807, 2.05) is 0 Å². The van der Waals surface area contributed by atoms with Crippen LogP contribution in [-0.2, 0) is 0 Å². The summed E-state index contributed by atoms with van der Waals surface area (Å²) in [5.41, 5.74) is 1.20. The van der Waals surface area contributed by atoms with Gasteiger partial charge in [-0.15, -0.1) is 0 Å². The first-order chi connectivity index (χ1) is 5.95. The molecule has 1 aromatic rings. The number of hydrogen-bond acceptors (Lipinski definition) is 3. The van der Waals surface area contributed by atoms with Crippen LogP contribution in [0.4, 0.5) is 0 Å². The fourth-order valence-corrected chi connectivity index (χ4v) is 1.40. The topological polar surface area (TPSA) is 57.5 Å². The van der Waals surface area contributed by atoms with E-state index in [1.165, 1.54) is 13.0 Å². The minimum absolute atomic E-state index is 0.0692. The number of hydrogen-bond donors (Lipinski definition) is 2. The first kappa shape index (κ1) is 9.58. The van der Waals surface area contributed by atoms with Crippen LogP contribution in [0, 0.1) is 13.8 Å². The Kier molecular flexibility index (Phi) is 2.28. The molecule has 3 nitrogen and oxygen atoms in total. The lowest BCUT2D eigenvalue weighted by atomic mass is 10.0. The third-order valence-corrected chi connectivity index (χ3v) is 2.07. The summed E-state index contributed by atoms with van der Waals surface area (Å²) in [5.74, 6) is -0.242. The highest BCUT2D eigenvalue weighted by molar-refractivity contribution is 5.99. The molecule has 0 radical (unpaired) electrons. The summed E-state index contributed by atoms with van der Waals surface area (Å²) in [7, 11) is 0. The minimum atomic E-state index is -0.245. The van der Waals surface area contributed by atoms with E-state index in [1.54, 1.807) is 13.8 Å². The van der Waals surface area contributed by atoms with Gasteiger partial charge in [0.25, 0.3) is 0 Å². The summed E-state index contributed by atoms with van der Waals surface area (Å²) in [6, 6.07) is 1.39. The highest BCUT2D eigenvalue weighted by Crippen LogP contribution is 2.31. The Bertz CT molecular complexity index is 367. The Hall–Kier alpha value is -1.51. The predicted molar refractivity (Wildman–Crippen MR) is 49.3 cm³/mol. The highest BCUT2D eigenvalue weighted by Gasteiger charge is 2.14. The SMILES string of the molecule is CC(=O)c1c(O)cc(C)c(O)c1C. The van der Waals surface area contributed by atoms with Gasteiger partial charge in [-0.1, -0.05) is 0 Å². The van der Waals surface area contributed by atoms with Gasteiger partial charge in [-0.3, -0.25) is 4.79 Å². The van der Waals surface area contributed by atoms with Crippen LogP contribution < -0.4 is 0 Å². The number of rotatable bonds is 1. The Morgan fingerprint density at radius 3 is 2.31 bits per heavy atom. The van der Waals surface area contributed by atoms with Gasteiger partial charge < -0.3 is 10.2 Å². The second-order valence-electron chi connectivity index (χ2n) is 3.12. The summed E-state index contributed by atoms with van der Waals surface area (Å²) in [6.07, 6.45) is 0. The zero-order valence-electron chi connectivity index (χ0n) is 7.88. The van der Waals surface area contributed by atoms with Crippen LogP contribution in [0.3, 0.4) is 0 Å². The predicted octanol–water partition coefficient (Wildman–Crippen LogP) is 1.92. The fourth-order valence-electron chi connectivity index (χ4n) is 1.40. The number of phenolic OH excluding ortho intramolecular Hbond substituents is 2. The van der Waals surface area contributed by atoms with Gasteiger partial charge in [-0.25, -0.2) is 0 Å². The number of aromatic hydroxyl groups is 2. The van der Waals surface area contributed by atoms with Crippen LogP contribution in [0.5, 0.6) is 11.5 Å². The molecule has 0 saturated carbocycles. The van der Waals surface area contributed by atoms with Crippen molar-refractivity contribution in [2.45, 2.75) is 20.8 Å². The van der Waals surface area contributed by atoms with E-state index in [0.29, 0.717) is 11.1 Å². The molecule has 13 heavy (non-hydrogen) atoms. The zero-order valence-corrected chi connectivity index (χ0v) is 7.88. The van der Waals surface area contributed by atoms with Crippen molar-refractivity contribution in [2.75, 3.05) is 0 Å². The van der Waals surface area contributed by atoms with Gasteiger partial charge in [0.15, 0.2) is 5.78 Å². The molecular weight excluding hydrogens is 168 g/mol. The summed E-state index contributed by atoms with van der Waals surface area (Å²) in [5, 5.41) is 18.9. The second-order valence-corrected chi connectivity index (χ2v) is 3.12. The van der Waals surface area contributed by atoms with Gasteiger partial charge >= 0.3 is 0 Å². The third-order valence-electron chi connectivity index (χ3n) is 2.07. The van der Waals surface area contributed by atoms with Gasteiger partial charge in [0, 0.05) is 5.56 Å². The first-order valence-corrected chi connectivity index (χ1v) is 3.98. The molecule has 0 atom stereocenters. The van der Waals surface area contributed by atoms with Gasteiger partial charge in [0.1, 0.15) is 11.5 Å². The van der Waals surface area contributed by atoms with Crippen molar-refractivity contribution in [3.8, 4) is 11.5 Å². The zero-order chi connectivity index (χ0) is 10.2. The largest absolute Gasteiger partial charge is 0.507 e. The quantitative estimate of drug-likeness (QED) is 0.512. The molecule has 0 fully saturated rings. The number of benzene rings is 1. The van der Waals surface area contributed by atoms with E-state index in [9.17, 15) is 15.0 Å². The van der Waals surface area contributed by atoms with E-state index >= 15 is 0 Å². The Balaban J connectivity index is 3.53.